The minimum absolute atomic E-state index is 0.0328. The maximum Gasteiger partial charge on any atom is 0.246 e. The van der Waals surface area contributed by atoms with Crippen LogP contribution in [-0.4, -0.2) is 272 Å². The number of hydrogen-bond acceptors (Lipinski definition) is 19. The Labute approximate surface area is 717 Å². The molecule has 0 aliphatic carbocycles. The van der Waals surface area contributed by atoms with Crippen molar-refractivity contribution < 1.29 is 82.1 Å². The van der Waals surface area contributed by atoms with E-state index in [0.717, 1.165) is 25.6 Å². The molecule has 123 heavy (non-hydrogen) atoms. The number of hydrogen-bond donors (Lipinski definition) is 16. The second-order valence-corrected chi connectivity index (χ2v) is 33.5. The van der Waals surface area contributed by atoms with Crippen molar-refractivity contribution in [2.75, 3.05) is 53.9 Å². The Bertz CT molecular complexity index is 4530. The summed E-state index contributed by atoms with van der Waals surface area (Å²) in [5, 5.41) is 47.8. The molecule has 15 amide bonds. The van der Waals surface area contributed by atoms with Gasteiger partial charge in [-0.3, -0.25) is 71.9 Å². The number of nitrogens with zero attached hydrogens (tertiary/aromatic N) is 5. The van der Waals surface area contributed by atoms with Crippen molar-refractivity contribution in [3.63, 3.8) is 0 Å². The Kier molecular flexibility index (Phi) is 36.3. The molecule has 5 heterocycles. The Morgan fingerprint density at radius 2 is 1.00 bits per heavy atom. The Morgan fingerprint density at radius 1 is 0.496 bits per heavy atom. The number of aromatic nitrogens is 2. The van der Waals surface area contributed by atoms with Crippen LogP contribution in [0.3, 0.4) is 0 Å². The molecule has 3 aliphatic heterocycles. The summed E-state index contributed by atoms with van der Waals surface area (Å²) < 4.78 is 0. The molecule has 36 nitrogen and oxygen atoms in total. The molecule has 672 valence electrons. The number of amides is 15. The van der Waals surface area contributed by atoms with Crippen LogP contribution >= 0.6 is 0 Å². The number of nitrogens with one attached hydrogen (secondary N) is 11. The first-order chi connectivity index (χ1) is 58.6. The van der Waals surface area contributed by atoms with Gasteiger partial charge in [0.2, 0.25) is 88.6 Å². The summed E-state index contributed by atoms with van der Waals surface area (Å²) in [6.07, 6.45) is 3.33. The van der Waals surface area contributed by atoms with Crippen molar-refractivity contribution >= 4 is 110 Å². The van der Waals surface area contributed by atoms with E-state index < -0.39 is 193 Å². The predicted octanol–water partition coefficient (Wildman–Crippen LogP) is 0.670. The number of carbonyl (C=O) groups excluding carboxylic acids is 15. The number of aromatic hydroxyl groups is 1. The van der Waals surface area contributed by atoms with Crippen LogP contribution in [0.4, 0.5) is 0 Å². The van der Waals surface area contributed by atoms with E-state index >= 15 is 28.8 Å². The predicted molar refractivity (Wildman–Crippen MR) is 459 cm³/mol. The number of rotatable bonds is 21. The first-order valence-corrected chi connectivity index (χ1v) is 42.9. The maximum absolute atomic E-state index is 15.7. The van der Waals surface area contributed by atoms with Crippen molar-refractivity contribution in [3.8, 4) is 5.75 Å². The number of aliphatic hydroxyl groups excluding tert-OH is 1. The summed E-state index contributed by atoms with van der Waals surface area (Å²) in [6.45, 7) is 11.3. The zero-order valence-corrected chi connectivity index (χ0v) is 72.3. The lowest BCUT2D eigenvalue weighted by Crippen LogP contribution is -2.61. The monoisotopic (exact) mass is 1710 g/mol. The van der Waals surface area contributed by atoms with Gasteiger partial charge in [-0.1, -0.05) is 116 Å². The van der Waals surface area contributed by atoms with Gasteiger partial charge in [0, 0.05) is 114 Å². The number of phenols is 1. The molecule has 2 aromatic heterocycles. The Balaban J connectivity index is 1.15. The molecule has 3 saturated heterocycles. The summed E-state index contributed by atoms with van der Waals surface area (Å²) in [4.78, 5) is 233. The van der Waals surface area contributed by atoms with E-state index in [0.29, 0.717) is 53.3 Å². The molecular weight excluding hydrogens is 1580 g/mol. The Morgan fingerprint density at radius 3 is 1.60 bits per heavy atom. The quantitative estimate of drug-likeness (QED) is 0.0480. The highest BCUT2D eigenvalue weighted by atomic mass is 16.3. The average molecular weight is 1710 g/mol. The molecule has 3 aliphatic rings. The van der Waals surface area contributed by atoms with Gasteiger partial charge in [0.1, 0.15) is 84.3 Å². The number of phenolic OH excluding ortho intramolecular Hbond substituents is 1. The first-order valence-electron chi connectivity index (χ1n) is 42.9. The molecule has 19 N–H and O–H groups in total. The van der Waals surface area contributed by atoms with Crippen LogP contribution in [0.2, 0.25) is 0 Å². The van der Waals surface area contributed by atoms with Crippen molar-refractivity contribution in [3.05, 3.63) is 102 Å². The molecule has 8 rings (SSSR count). The number of fused-ring (bicyclic) bond motifs is 4. The third-order valence-corrected chi connectivity index (χ3v) is 23.1. The van der Waals surface area contributed by atoms with Crippen LogP contribution in [0.15, 0.2) is 85.2 Å². The number of unbranched alkanes of at least 4 members (excludes halogenated alkanes) is 2. The van der Waals surface area contributed by atoms with Crippen LogP contribution in [0.1, 0.15) is 168 Å². The van der Waals surface area contributed by atoms with E-state index in [2.05, 4.69) is 57.8 Å². The van der Waals surface area contributed by atoms with E-state index in [1.165, 1.54) is 50.0 Å². The topological polar surface area (TPSA) is 531 Å². The highest BCUT2D eigenvalue weighted by Crippen LogP contribution is 2.28. The number of H-pyrrole nitrogens is 2. The minimum atomic E-state index is -1.70. The molecule has 0 saturated carbocycles. The molecule has 0 bridgehead atoms. The second kappa shape index (κ2) is 46.1. The molecular formula is C87H127N19O17. The molecule has 0 spiro atoms. The van der Waals surface area contributed by atoms with Crippen LogP contribution in [0.25, 0.3) is 21.8 Å². The van der Waals surface area contributed by atoms with Gasteiger partial charge in [0.25, 0.3) is 0 Å². The fourth-order valence-electron chi connectivity index (χ4n) is 16.1. The van der Waals surface area contributed by atoms with Gasteiger partial charge in [-0.2, -0.15) is 0 Å². The van der Waals surface area contributed by atoms with E-state index in [4.69, 9.17) is 17.2 Å². The van der Waals surface area contributed by atoms with Gasteiger partial charge in [-0.05, 0) is 124 Å². The normalized spacial score (nSPS) is 25.6. The third-order valence-electron chi connectivity index (χ3n) is 23.1. The molecule has 14 atom stereocenters. The zero-order chi connectivity index (χ0) is 90.1. The third kappa shape index (κ3) is 26.5. The largest absolute Gasteiger partial charge is 0.508 e. The van der Waals surface area contributed by atoms with Crippen LogP contribution in [0, 0.1) is 11.8 Å². The maximum atomic E-state index is 15.7. The SMILES string of the molecule is CCCC[C@H]1C(=O)N(C)[C@@H](CCCC)C(=O)N[C@@H](CC(C)C)C(=O)NCCCCC(=O)N[C@@H](Cc2ccc(O)cc2)C(=O)N(C)[C@@H](C)C(=O)N[C@@H](CC(N)=O)C(=O)N2CCC[C@H]2C(=O)N[C@@H](CN)C(=O)N[C@@H](CC(C)C)C(=O)N2C[C@H](O)C[C@H]2C(=O)N[C@@H](Cc2c[nH]c3ccccc23)C(=O)N[C@@H](CCN)C(=O)N[C@@H](Cc2c[nH]c3ccccc23)C(=O)N1C. The fourth-order valence-corrected chi connectivity index (χ4v) is 16.1. The number of nitrogens with two attached hydrogens (primary N) is 3. The average Bonchev–Trinajstić information content (AvgIpc) is 1.66. The van der Waals surface area contributed by atoms with E-state index in [9.17, 15) is 53.4 Å². The van der Waals surface area contributed by atoms with E-state index in [1.807, 2.05) is 52.0 Å². The summed E-state index contributed by atoms with van der Waals surface area (Å²) in [5.74, 6) is -12.6. The van der Waals surface area contributed by atoms with Crippen LogP contribution in [0.5, 0.6) is 5.75 Å². The van der Waals surface area contributed by atoms with Crippen molar-refractivity contribution in [2.24, 2.45) is 29.0 Å². The summed E-state index contributed by atoms with van der Waals surface area (Å²) >= 11 is 0. The van der Waals surface area contributed by atoms with Crippen molar-refractivity contribution in [1.82, 2.24) is 82.3 Å². The lowest BCUT2D eigenvalue weighted by atomic mass is 9.99. The molecule has 0 unspecified atom stereocenters. The number of aromatic amines is 2. The van der Waals surface area contributed by atoms with Crippen LogP contribution in [-0.2, 0) is 91.2 Å². The fraction of sp³-hybridized carbons (Fsp3) is 0.575. The van der Waals surface area contributed by atoms with Crippen molar-refractivity contribution in [1.29, 1.82) is 0 Å². The number of para-hydroxylation sites is 2. The molecule has 36 heteroatoms. The zero-order valence-electron chi connectivity index (χ0n) is 72.3. The number of benzene rings is 3. The molecule has 5 aromatic rings. The number of carbonyl (C=O) groups is 15. The molecule has 3 aromatic carbocycles. The number of likely N-dealkylation sites (N-methyl/N-ethyl adjacent to an activating group) is 3. The second-order valence-electron chi connectivity index (χ2n) is 33.5. The summed E-state index contributed by atoms with van der Waals surface area (Å²) in [5.41, 5.74) is 21.2. The lowest BCUT2D eigenvalue weighted by Gasteiger charge is -2.36. The van der Waals surface area contributed by atoms with Gasteiger partial charge in [-0.15, -0.1) is 0 Å². The minimum Gasteiger partial charge on any atom is -0.508 e. The number of aliphatic hydroxyl groups is 1. The highest BCUT2D eigenvalue weighted by molar-refractivity contribution is 6.02. The molecule has 3 fully saturated rings. The van der Waals surface area contributed by atoms with Gasteiger partial charge in [-0.25, -0.2) is 0 Å². The van der Waals surface area contributed by atoms with Gasteiger partial charge in [0.05, 0.1) is 12.5 Å². The smallest absolute Gasteiger partial charge is 0.246 e. The van der Waals surface area contributed by atoms with Gasteiger partial charge < -0.3 is 110 Å². The number of primary amides is 1. The molecule has 0 radical (unpaired) electrons. The van der Waals surface area contributed by atoms with Crippen LogP contribution < -0.4 is 65.1 Å². The lowest BCUT2D eigenvalue weighted by molar-refractivity contribution is -0.149. The first kappa shape index (κ1) is 96.9. The van der Waals surface area contributed by atoms with Crippen molar-refractivity contribution in [2.45, 2.75) is 255 Å². The van der Waals surface area contributed by atoms with Gasteiger partial charge >= 0.3 is 0 Å². The van der Waals surface area contributed by atoms with E-state index in [-0.39, 0.29) is 127 Å². The summed E-state index contributed by atoms with van der Waals surface area (Å²) in [6, 6.07) is 2.18. The van der Waals surface area contributed by atoms with E-state index in [1.54, 1.807) is 62.6 Å². The highest BCUT2D eigenvalue weighted by Gasteiger charge is 2.46. The summed E-state index contributed by atoms with van der Waals surface area (Å²) in [7, 11) is 4.20. The van der Waals surface area contributed by atoms with Gasteiger partial charge in [0.15, 0.2) is 0 Å². The Hall–Kier alpha value is -11.5. The standard InChI is InChI=1S/C87H127N19O17/c1-11-13-26-69-80(116)96-62(38-49(3)4)76(112)91-36-20-19-29-74(110)94-65(40-52-30-32-55(107)33-31-52)83(119)102(8)51(7)75(111)98-67(44-73(90)109)85(121)105-37-21-28-70(105)81(117)101-68(45-89)79(115)99-64(39-50(5)6)86(122)106-48-56(108)43-72(106)82(118)97-63(41-53-46-92-59-24-17-15-22-57(53)59)78(114)95-61(34-35-88)77(113)100-66(42-54-47-93-60-25-18-16-23-58(54)60)84(120)104(10)71(27-14-12-2)87(123)103(69)9/h15-18,22-25,30-33,46-47,49-51,56,61-72,92-93,107-108H,11-14,19-21,26-29,34-45,48,88-89H2,1-10H3,(H2,90,109)(H,91,112)(H,94,110)(H,95,114)(H,96,116)(H,97,118)(H,98,111)(H,99,115)(H,100,113)(H,101,117)/t51-,56+,61-,62-,63-,64-,65-,66-,67-,68-,69-,70-,71-,72-/m0/s1.